The smallest absolute Gasteiger partial charge is 0.312 e. The average Bonchev–Trinajstić information content (AvgIpc) is 3.22. The first-order valence-electron chi connectivity index (χ1n) is 10.9. The molecule has 0 aliphatic carbocycles. The van der Waals surface area contributed by atoms with Crippen LogP contribution in [0.1, 0.15) is 26.7 Å². The lowest BCUT2D eigenvalue weighted by Crippen LogP contribution is -2.41. The third-order valence-electron chi connectivity index (χ3n) is 5.34. The van der Waals surface area contributed by atoms with E-state index in [1.54, 1.807) is 48.5 Å². The molecule has 1 saturated heterocycles. The minimum Gasteiger partial charge on any atom is -0.494 e. The molecular weight excluding hydrogens is 422 g/mol. The molecule has 2 unspecified atom stereocenters. The first-order chi connectivity index (χ1) is 15.9. The van der Waals surface area contributed by atoms with Crippen molar-refractivity contribution < 1.29 is 23.9 Å². The number of esters is 1. The van der Waals surface area contributed by atoms with Gasteiger partial charge in [-0.25, -0.2) is 0 Å². The fourth-order valence-corrected chi connectivity index (χ4v) is 3.68. The van der Waals surface area contributed by atoms with E-state index in [-0.39, 0.29) is 31.8 Å². The molecule has 2 aromatic rings. The quantitative estimate of drug-likeness (QED) is 0.545. The molecule has 2 amide bonds. The van der Waals surface area contributed by atoms with E-state index in [4.69, 9.17) is 14.7 Å². The highest BCUT2D eigenvalue weighted by Crippen LogP contribution is 2.28. The molecule has 1 heterocycles. The number of ether oxygens (including phenoxy) is 2. The molecule has 0 N–H and O–H groups in total. The number of amides is 2. The maximum Gasteiger partial charge on any atom is 0.312 e. The van der Waals surface area contributed by atoms with E-state index < -0.39 is 23.9 Å². The van der Waals surface area contributed by atoms with Gasteiger partial charge in [-0.2, -0.15) is 5.26 Å². The molecule has 2 atom stereocenters. The van der Waals surface area contributed by atoms with Gasteiger partial charge in [0.1, 0.15) is 5.75 Å². The average molecular weight is 450 g/mol. The number of benzene rings is 2. The van der Waals surface area contributed by atoms with Gasteiger partial charge >= 0.3 is 5.97 Å². The Morgan fingerprint density at radius 1 is 1.18 bits per heavy atom. The van der Waals surface area contributed by atoms with Crippen molar-refractivity contribution in [3.05, 3.63) is 54.6 Å². The number of hydrogen-bond acceptors (Lipinski definition) is 6. The van der Waals surface area contributed by atoms with Gasteiger partial charge in [-0.15, -0.1) is 0 Å². The summed E-state index contributed by atoms with van der Waals surface area (Å²) in [5.74, 6) is -1.15. The third-order valence-corrected chi connectivity index (χ3v) is 5.34. The minimum atomic E-state index is -1.05. The fourth-order valence-electron chi connectivity index (χ4n) is 3.68. The molecule has 33 heavy (non-hydrogen) atoms. The molecule has 0 radical (unpaired) electrons. The van der Waals surface area contributed by atoms with Crippen LogP contribution in [0.2, 0.25) is 0 Å². The van der Waals surface area contributed by atoms with Crippen LogP contribution in [0.15, 0.2) is 54.6 Å². The maximum absolute atomic E-state index is 13.0. The van der Waals surface area contributed by atoms with Gasteiger partial charge in [0, 0.05) is 30.9 Å². The third kappa shape index (κ3) is 5.89. The van der Waals surface area contributed by atoms with Crippen LogP contribution in [-0.2, 0) is 19.1 Å². The number of carbonyl (C=O) groups excluding carboxylic acids is 3. The Morgan fingerprint density at radius 2 is 1.88 bits per heavy atom. The highest BCUT2D eigenvalue weighted by atomic mass is 16.5. The van der Waals surface area contributed by atoms with Gasteiger partial charge in [0.05, 0.1) is 25.0 Å². The van der Waals surface area contributed by atoms with Gasteiger partial charge in [-0.1, -0.05) is 18.2 Å². The summed E-state index contributed by atoms with van der Waals surface area (Å²) in [5, 5.41) is 8.94. The van der Waals surface area contributed by atoms with Crippen molar-refractivity contribution >= 4 is 29.2 Å². The van der Waals surface area contributed by atoms with Crippen LogP contribution in [0.3, 0.4) is 0 Å². The number of anilines is 2. The van der Waals surface area contributed by atoms with E-state index in [0.717, 1.165) is 0 Å². The topological polar surface area (TPSA) is 99.9 Å². The molecule has 0 saturated carbocycles. The second kappa shape index (κ2) is 11.1. The van der Waals surface area contributed by atoms with Crippen molar-refractivity contribution in [3.8, 4) is 11.8 Å². The molecule has 0 spiro atoms. The Hall–Kier alpha value is -3.86. The van der Waals surface area contributed by atoms with Crippen LogP contribution in [0, 0.1) is 17.2 Å². The summed E-state index contributed by atoms with van der Waals surface area (Å²) in [7, 11) is 0. The van der Waals surface area contributed by atoms with Crippen LogP contribution in [-0.4, -0.2) is 43.6 Å². The zero-order chi connectivity index (χ0) is 23.8. The lowest BCUT2D eigenvalue weighted by Gasteiger charge is -2.25. The first kappa shape index (κ1) is 23.8. The Labute approximate surface area is 193 Å². The number of rotatable bonds is 9. The standard InChI is InChI=1S/C25H27N3O5/c1-3-32-22-12-10-21(11-13-22)28-17-19(16-23(28)29)25(31)33-18(2)24(30)27(15-7-14-26)20-8-5-4-6-9-20/h4-6,8-13,18-19H,3,7,15-17H2,1-2H3. The van der Waals surface area contributed by atoms with Gasteiger partial charge in [-0.05, 0) is 50.2 Å². The number of carbonyl (C=O) groups is 3. The Morgan fingerprint density at radius 3 is 2.52 bits per heavy atom. The molecule has 1 fully saturated rings. The predicted molar refractivity (Wildman–Crippen MR) is 123 cm³/mol. The molecule has 0 bridgehead atoms. The summed E-state index contributed by atoms with van der Waals surface area (Å²) in [6.07, 6.45) is -0.884. The van der Waals surface area contributed by atoms with Crippen LogP contribution in [0.25, 0.3) is 0 Å². The largest absolute Gasteiger partial charge is 0.494 e. The normalized spacial score (nSPS) is 16.1. The molecule has 8 heteroatoms. The summed E-state index contributed by atoms with van der Waals surface area (Å²) < 4.78 is 10.9. The van der Waals surface area contributed by atoms with Crippen LogP contribution >= 0.6 is 0 Å². The van der Waals surface area contributed by atoms with E-state index in [2.05, 4.69) is 0 Å². The van der Waals surface area contributed by atoms with Crippen molar-refractivity contribution in [2.45, 2.75) is 32.8 Å². The second-order valence-corrected chi connectivity index (χ2v) is 7.64. The van der Waals surface area contributed by atoms with E-state index >= 15 is 0 Å². The predicted octanol–water partition coefficient (Wildman–Crippen LogP) is 3.32. The van der Waals surface area contributed by atoms with Gasteiger partial charge in [0.25, 0.3) is 5.91 Å². The van der Waals surface area contributed by atoms with E-state index in [0.29, 0.717) is 23.7 Å². The van der Waals surface area contributed by atoms with Crippen molar-refractivity contribution in [3.63, 3.8) is 0 Å². The molecule has 2 aromatic carbocycles. The Balaban J connectivity index is 1.63. The molecule has 0 aromatic heterocycles. The van der Waals surface area contributed by atoms with Gasteiger partial charge in [-0.3, -0.25) is 14.4 Å². The monoisotopic (exact) mass is 449 g/mol. The molecule has 8 nitrogen and oxygen atoms in total. The molecule has 1 aliphatic heterocycles. The van der Waals surface area contributed by atoms with Gasteiger partial charge in [0.15, 0.2) is 6.10 Å². The Kier molecular flexibility index (Phi) is 8.03. The number of para-hydroxylation sites is 1. The van der Waals surface area contributed by atoms with Crippen LogP contribution < -0.4 is 14.5 Å². The minimum absolute atomic E-state index is 0.0176. The molecule has 1 aliphatic rings. The lowest BCUT2D eigenvalue weighted by molar-refractivity contribution is -0.157. The van der Waals surface area contributed by atoms with Crippen molar-refractivity contribution in [1.29, 1.82) is 5.26 Å². The zero-order valence-corrected chi connectivity index (χ0v) is 18.8. The highest BCUT2D eigenvalue weighted by Gasteiger charge is 2.38. The summed E-state index contributed by atoms with van der Waals surface area (Å²) in [4.78, 5) is 41.2. The van der Waals surface area contributed by atoms with Crippen LogP contribution in [0.4, 0.5) is 11.4 Å². The zero-order valence-electron chi connectivity index (χ0n) is 18.8. The SMILES string of the molecule is CCOc1ccc(N2CC(C(=O)OC(C)C(=O)N(CCC#N)c3ccccc3)CC2=O)cc1. The maximum atomic E-state index is 13.0. The summed E-state index contributed by atoms with van der Waals surface area (Å²) in [5.41, 5.74) is 1.30. The number of nitriles is 1. The van der Waals surface area contributed by atoms with E-state index in [1.165, 1.54) is 16.7 Å². The number of nitrogens with zero attached hydrogens (tertiary/aromatic N) is 3. The highest BCUT2D eigenvalue weighted by molar-refractivity contribution is 6.01. The van der Waals surface area contributed by atoms with Gasteiger partial charge in [0.2, 0.25) is 5.91 Å². The summed E-state index contributed by atoms with van der Waals surface area (Å²) in [6.45, 7) is 4.31. The summed E-state index contributed by atoms with van der Waals surface area (Å²) >= 11 is 0. The number of hydrogen-bond donors (Lipinski definition) is 0. The molecular formula is C25H27N3O5. The first-order valence-corrected chi connectivity index (χ1v) is 10.9. The summed E-state index contributed by atoms with van der Waals surface area (Å²) in [6, 6.07) is 18.1. The fraction of sp³-hybridized carbons (Fsp3) is 0.360. The second-order valence-electron chi connectivity index (χ2n) is 7.64. The van der Waals surface area contributed by atoms with Crippen molar-refractivity contribution in [2.24, 2.45) is 5.92 Å². The van der Waals surface area contributed by atoms with Crippen molar-refractivity contribution in [1.82, 2.24) is 0 Å². The lowest BCUT2D eigenvalue weighted by atomic mass is 10.1. The Bertz CT molecular complexity index is 1020. The van der Waals surface area contributed by atoms with Crippen LogP contribution in [0.5, 0.6) is 5.75 Å². The molecule has 172 valence electrons. The van der Waals surface area contributed by atoms with Gasteiger partial charge < -0.3 is 19.3 Å². The van der Waals surface area contributed by atoms with Crippen molar-refractivity contribution in [2.75, 3.05) is 29.5 Å². The van der Waals surface area contributed by atoms with E-state index in [9.17, 15) is 14.4 Å². The molecule has 3 rings (SSSR count). The van der Waals surface area contributed by atoms with E-state index in [1.807, 2.05) is 19.1 Å².